The highest BCUT2D eigenvalue weighted by molar-refractivity contribution is 6.25. The molecule has 126 valence electrons. The SMILES string of the molecule is CC1(CCNC(=O)N2CCCC(OC3CCC3)C2)CC1(F)Cl. The van der Waals surface area contributed by atoms with Crippen LogP contribution in [0.25, 0.3) is 0 Å². The summed E-state index contributed by atoms with van der Waals surface area (Å²) >= 11 is 5.69. The number of alkyl halides is 2. The Bertz CT molecular complexity index is 430. The fourth-order valence-electron chi connectivity index (χ4n) is 3.29. The van der Waals surface area contributed by atoms with Crippen molar-refractivity contribution in [1.82, 2.24) is 10.2 Å². The zero-order valence-electron chi connectivity index (χ0n) is 13.2. The van der Waals surface area contributed by atoms with Crippen LogP contribution < -0.4 is 5.32 Å². The van der Waals surface area contributed by atoms with Crippen LogP contribution in [-0.4, -0.2) is 47.9 Å². The predicted octanol–water partition coefficient (Wildman–Crippen LogP) is 3.43. The lowest BCUT2D eigenvalue weighted by molar-refractivity contribution is -0.0720. The van der Waals surface area contributed by atoms with Crippen molar-refractivity contribution in [3.05, 3.63) is 0 Å². The number of likely N-dealkylation sites (tertiary alicyclic amines) is 1. The van der Waals surface area contributed by atoms with Gasteiger partial charge in [0.15, 0.2) is 5.13 Å². The summed E-state index contributed by atoms with van der Waals surface area (Å²) in [4.78, 5) is 14.0. The Balaban J connectivity index is 1.38. The van der Waals surface area contributed by atoms with Gasteiger partial charge in [-0.15, -0.1) is 0 Å². The van der Waals surface area contributed by atoms with Crippen molar-refractivity contribution in [3.8, 4) is 0 Å². The van der Waals surface area contributed by atoms with Gasteiger partial charge in [-0.3, -0.25) is 0 Å². The maximum absolute atomic E-state index is 13.6. The summed E-state index contributed by atoms with van der Waals surface area (Å²) in [5, 5.41) is 1.32. The monoisotopic (exact) mass is 332 g/mol. The molecule has 22 heavy (non-hydrogen) atoms. The van der Waals surface area contributed by atoms with Crippen molar-refractivity contribution in [2.45, 2.75) is 69.2 Å². The number of piperidine rings is 1. The molecule has 0 aromatic rings. The smallest absolute Gasteiger partial charge is 0.317 e. The van der Waals surface area contributed by atoms with Gasteiger partial charge < -0.3 is 15.0 Å². The first-order valence-electron chi connectivity index (χ1n) is 8.46. The Hall–Kier alpha value is -0.550. The van der Waals surface area contributed by atoms with Gasteiger partial charge >= 0.3 is 6.03 Å². The van der Waals surface area contributed by atoms with E-state index in [0.29, 0.717) is 32.0 Å². The number of nitrogens with zero attached hydrogens (tertiary/aromatic N) is 1. The Morgan fingerprint density at radius 1 is 1.36 bits per heavy atom. The molecule has 0 aromatic carbocycles. The van der Waals surface area contributed by atoms with Gasteiger partial charge in [0.05, 0.1) is 12.2 Å². The van der Waals surface area contributed by atoms with E-state index in [4.69, 9.17) is 16.3 Å². The van der Waals surface area contributed by atoms with E-state index in [-0.39, 0.29) is 12.1 Å². The molecule has 1 saturated heterocycles. The van der Waals surface area contributed by atoms with Gasteiger partial charge in [-0.05, 0) is 38.5 Å². The standard InChI is InChI=1S/C16H26ClFN2O2/c1-15(11-16(15,17)18)7-8-19-14(21)20-9-3-6-13(10-20)22-12-4-2-5-12/h12-13H,2-11H2,1H3,(H,19,21). The van der Waals surface area contributed by atoms with E-state index in [1.165, 1.54) is 6.42 Å². The van der Waals surface area contributed by atoms with Crippen LogP contribution in [0.2, 0.25) is 0 Å². The number of carbonyl (C=O) groups excluding carboxylic acids is 1. The average molecular weight is 333 g/mol. The maximum Gasteiger partial charge on any atom is 0.317 e. The van der Waals surface area contributed by atoms with Crippen LogP contribution in [0, 0.1) is 5.41 Å². The molecule has 3 fully saturated rings. The molecule has 3 rings (SSSR count). The Morgan fingerprint density at radius 2 is 2.05 bits per heavy atom. The van der Waals surface area contributed by atoms with E-state index in [1.54, 1.807) is 0 Å². The number of nitrogens with one attached hydrogen (secondary N) is 1. The molecule has 0 bridgehead atoms. The number of rotatable bonds is 5. The minimum Gasteiger partial charge on any atom is -0.373 e. The molecule has 1 aliphatic heterocycles. The molecule has 3 unspecified atom stereocenters. The summed E-state index contributed by atoms with van der Waals surface area (Å²) in [6.45, 7) is 3.74. The van der Waals surface area contributed by atoms with Crippen molar-refractivity contribution in [3.63, 3.8) is 0 Å². The zero-order valence-corrected chi connectivity index (χ0v) is 14.0. The van der Waals surface area contributed by atoms with Crippen LogP contribution in [0.3, 0.4) is 0 Å². The molecule has 0 aromatic heterocycles. The van der Waals surface area contributed by atoms with E-state index in [2.05, 4.69) is 5.32 Å². The van der Waals surface area contributed by atoms with Crippen molar-refractivity contribution in [1.29, 1.82) is 0 Å². The van der Waals surface area contributed by atoms with Gasteiger partial charge in [-0.25, -0.2) is 9.18 Å². The molecule has 3 aliphatic rings. The van der Waals surface area contributed by atoms with Gasteiger partial charge in [0.25, 0.3) is 0 Å². The average Bonchev–Trinajstić information content (AvgIpc) is 2.93. The number of ether oxygens (including phenoxy) is 1. The predicted molar refractivity (Wildman–Crippen MR) is 83.8 cm³/mol. The molecule has 4 nitrogen and oxygen atoms in total. The largest absolute Gasteiger partial charge is 0.373 e. The lowest BCUT2D eigenvalue weighted by atomic mass is 9.95. The van der Waals surface area contributed by atoms with Gasteiger partial charge in [0.2, 0.25) is 0 Å². The zero-order chi connectivity index (χ0) is 15.8. The number of halogens is 2. The summed E-state index contributed by atoms with van der Waals surface area (Å²) in [7, 11) is 0. The van der Waals surface area contributed by atoms with Crippen LogP contribution in [0.4, 0.5) is 9.18 Å². The van der Waals surface area contributed by atoms with Gasteiger partial charge in [-0.1, -0.05) is 18.5 Å². The molecule has 6 heteroatoms. The second-order valence-corrected chi connectivity index (χ2v) is 7.92. The molecule has 1 heterocycles. The van der Waals surface area contributed by atoms with Gasteiger partial charge in [0.1, 0.15) is 0 Å². The topological polar surface area (TPSA) is 41.6 Å². The first-order valence-corrected chi connectivity index (χ1v) is 8.83. The minimum atomic E-state index is -1.58. The highest BCUT2D eigenvalue weighted by Crippen LogP contribution is 2.63. The highest BCUT2D eigenvalue weighted by Gasteiger charge is 2.64. The van der Waals surface area contributed by atoms with Crippen LogP contribution in [0.1, 0.15) is 51.9 Å². The number of hydrogen-bond acceptors (Lipinski definition) is 2. The Kier molecular flexibility index (Phi) is 4.56. The lowest BCUT2D eigenvalue weighted by Crippen LogP contribution is -2.49. The van der Waals surface area contributed by atoms with Crippen LogP contribution in [0.5, 0.6) is 0 Å². The molecule has 3 atom stereocenters. The summed E-state index contributed by atoms with van der Waals surface area (Å²) in [5.41, 5.74) is -0.487. The first kappa shape index (κ1) is 16.3. The molecule has 2 aliphatic carbocycles. The third-order valence-corrected chi connectivity index (χ3v) is 6.02. The third kappa shape index (κ3) is 3.51. The minimum absolute atomic E-state index is 0.0646. The second-order valence-electron chi connectivity index (χ2n) is 7.32. The number of hydrogen-bond donors (Lipinski definition) is 1. The van der Waals surface area contributed by atoms with Crippen LogP contribution >= 0.6 is 11.6 Å². The van der Waals surface area contributed by atoms with Crippen molar-refractivity contribution < 1.29 is 13.9 Å². The Labute approximate surface area is 136 Å². The van der Waals surface area contributed by atoms with Gasteiger partial charge in [-0.2, -0.15) is 0 Å². The second kappa shape index (κ2) is 6.16. The van der Waals surface area contributed by atoms with E-state index in [1.807, 2.05) is 11.8 Å². The quantitative estimate of drug-likeness (QED) is 0.784. The maximum atomic E-state index is 13.6. The van der Waals surface area contributed by atoms with Crippen molar-refractivity contribution >= 4 is 17.6 Å². The van der Waals surface area contributed by atoms with Crippen molar-refractivity contribution in [2.24, 2.45) is 5.41 Å². The summed E-state index contributed by atoms with van der Waals surface area (Å²) in [6.07, 6.45) is 7.13. The molecule has 0 radical (unpaired) electrons. The molecule has 2 amide bonds. The number of amides is 2. The molecule has 0 spiro atoms. The number of carbonyl (C=O) groups is 1. The van der Waals surface area contributed by atoms with E-state index >= 15 is 0 Å². The van der Waals surface area contributed by atoms with Crippen LogP contribution in [-0.2, 0) is 4.74 Å². The van der Waals surface area contributed by atoms with E-state index < -0.39 is 10.5 Å². The van der Waals surface area contributed by atoms with Crippen LogP contribution in [0.15, 0.2) is 0 Å². The normalized spacial score (nSPS) is 38.5. The van der Waals surface area contributed by atoms with Gasteiger partial charge in [0, 0.05) is 31.5 Å². The Morgan fingerprint density at radius 3 is 2.64 bits per heavy atom. The molecule has 2 saturated carbocycles. The fraction of sp³-hybridized carbons (Fsp3) is 0.938. The summed E-state index contributed by atoms with van der Waals surface area (Å²) in [6, 6.07) is -0.0646. The summed E-state index contributed by atoms with van der Waals surface area (Å²) in [5.74, 6) is 0. The fourth-order valence-corrected chi connectivity index (χ4v) is 3.68. The first-order chi connectivity index (χ1) is 10.4. The number of urea groups is 1. The highest BCUT2D eigenvalue weighted by atomic mass is 35.5. The van der Waals surface area contributed by atoms with E-state index in [0.717, 1.165) is 32.2 Å². The third-order valence-electron chi connectivity index (χ3n) is 5.43. The lowest BCUT2D eigenvalue weighted by Gasteiger charge is -2.37. The molecular weight excluding hydrogens is 307 g/mol. The van der Waals surface area contributed by atoms with E-state index in [9.17, 15) is 9.18 Å². The van der Waals surface area contributed by atoms with Crippen molar-refractivity contribution in [2.75, 3.05) is 19.6 Å². The summed E-state index contributed by atoms with van der Waals surface area (Å²) < 4.78 is 19.6. The molecular formula is C16H26ClFN2O2. The molecule has 1 N–H and O–H groups in total.